The van der Waals surface area contributed by atoms with Crippen LogP contribution in [-0.2, 0) is 16.1 Å². The first kappa shape index (κ1) is 15.8. The van der Waals surface area contributed by atoms with Crippen molar-refractivity contribution in [3.05, 3.63) is 29.3 Å². The number of nitrogens with zero attached hydrogens (tertiary/aromatic N) is 2. The van der Waals surface area contributed by atoms with Crippen molar-refractivity contribution in [2.75, 3.05) is 13.2 Å². The average Bonchev–Trinajstić information content (AvgIpc) is 2.31. The number of aryl methyl sites for hydroxylation is 1. The number of aliphatic imine (C=N–C) groups is 1. The molecule has 1 aromatic rings. The molecule has 0 N–H and O–H groups in total. The van der Waals surface area contributed by atoms with E-state index >= 15 is 0 Å². The lowest BCUT2D eigenvalue weighted by Crippen LogP contribution is -2.35. The van der Waals surface area contributed by atoms with E-state index in [-0.39, 0.29) is 24.9 Å². The van der Waals surface area contributed by atoms with Gasteiger partial charge in [-0.15, -0.1) is 12.4 Å². The van der Waals surface area contributed by atoms with E-state index in [9.17, 15) is 4.79 Å². The predicted molar refractivity (Wildman–Crippen MR) is 78.4 cm³/mol. The van der Waals surface area contributed by atoms with Crippen LogP contribution >= 0.6 is 24.0 Å². The predicted octanol–water partition coefficient (Wildman–Crippen LogP) is 3.02. The molecule has 19 heavy (non-hydrogen) atoms. The Bertz CT molecular complexity index is 503. The maximum Gasteiger partial charge on any atom is 0.325 e. The van der Waals surface area contributed by atoms with Crippen LogP contribution in [0.25, 0.3) is 0 Å². The molecule has 0 aliphatic carbocycles. The summed E-state index contributed by atoms with van der Waals surface area (Å²) in [5, 5.41) is 0.334. The Morgan fingerprint density at radius 3 is 2.95 bits per heavy atom. The SMILES string of the molecule is CCOC(=O)CN1Cc2c(C)cccc2N=C1Cl.Cl. The lowest BCUT2D eigenvalue weighted by atomic mass is 10.1. The number of benzene rings is 1. The molecule has 0 spiro atoms. The van der Waals surface area contributed by atoms with Gasteiger partial charge in [0, 0.05) is 12.1 Å². The van der Waals surface area contributed by atoms with E-state index < -0.39 is 0 Å². The number of hydrogen-bond donors (Lipinski definition) is 0. The van der Waals surface area contributed by atoms with Crippen molar-refractivity contribution in [2.24, 2.45) is 4.99 Å². The highest BCUT2D eigenvalue weighted by Gasteiger charge is 2.21. The molecule has 6 heteroatoms. The van der Waals surface area contributed by atoms with Crippen molar-refractivity contribution in [3.8, 4) is 0 Å². The molecule has 104 valence electrons. The molecule has 0 atom stereocenters. The molecule has 0 saturated heterocycles. The van der Waals surface area contributed by atoms with Crippen molar-refractivity contribution >= 4 is 41.0 Å². The number of rotatable bonds is 3. The van der Waals surface area contributed by atoms with E-state index in [2.05, 4.69) is 4.99 Å². The van der Waals surface area contributed by atoms with E-state index in [1.807, 2.05) is 25.1 Å². The zero-order valence-electron chi connectivity index (χ0n) is 10.9. The van der Waals surface area contributed by atoms with E-state index in [0.29, 0.717) is 18.4 Å². The highest BCUT2D eigenvalue weighted by atomic mass is 35.5. The van der Waals surface area contributed by atoms with Gasteiger partial charge in [0.2, 0.25) is 0 Å². The van der Waals surface area contributed by atoms with Crippen LogP contribution in [-0.4, -0.2) is 29.3 Å². The van der Waals surface area contributed by atoms with Crippen LogP contribution in [0, 0.1) is 6.92 Å². The summed E-state index contributed by atoms with van der Waals surface area (Å²) in [4.78, 5) is 17.5. The number of esters is 1. The lowest BCUT2D eigenvalue weighted by Gasteiger charge is -2.27. The van der Waals surface area contributed by atoms with Crippen molar-refractivity contribution in [1.82, 2.24) is 4.90 Å². The molecule has 0 unspecified atom stereocenters. The van der Waals surface area contributed by atoms with Gasteiger partial charge in [-0.2, -0.15) is 0 Å². The molecule has 1 aromatic carbocycles. The number of halogens is 2. The molecular weight excluding hydrogens is 287 g/mol. The molecule has 4 nitrogen and oxygen atoms in total. The zero-order chi connectivity index (χ0) is 13.1. The summed E-state index contributed by atoms with van der Waals surface area (Å²) in [6, 6.07) is 5.89. The highest BCUT2D eigenvalue weighted by Crippen LogP contribution is 2.29. The van der Waals surface area contributed by atoms with Crippen molar-refractivity contribution in [1.29, 1.82) is 0 Å². The molecule has 0 aromatic heterocycles. The molecule has 0 bridgehead atoms. The van der Waals surface area contributed by atoms with Crippen LogP contribution in [0.1, 0.15) is 18.1 Å². The summed E-state index contributed by atoms with van der Waals surface area (Å²) in [5.41, 5.74) is 3.13. The third-order valence-corrected chi connectivity index (χ3v) is 3.16. The van der Waals surface area contributed by atoms with E-state index in [1.54, 1.807) is 11.8 Å². The third-order valence-electron chi connectivity index (χ3n) is 2.83. The maximum absolute atomic E-state index is 11.5. The van der Waals surface area contributed by atoms with E-state index in [4.69, 9.17) is 16.3 Å². The van der Waals surface area contributed by atoms with Gasteiger partial charge >= 0.3 is 5.97 Å². The minimum atomic E-state index is -0.289. The minimum Gasteiger partial charge on any atom is -0.465 e. The van der Waals surface area contributed by atoms with Crippen LogP contribution in [0.3, 0.4) is 0 Å². The Morgan fingerprint density at radius 2 is 2.26 bits per heavy atom. The molecular formula is C13H16Cl2N2O2. The number of hydrogen-bond acceptors (Lipinski definition) is 4. The second-order valence-corrected chi connectivity index (χ2v) is 4.45. The van der Waals surface area contributed by atoms with Crippen molar-refractivity contribution in [2.45, 2.75) is 20.4 Å². The molecule has 1 aliphatic heterocycles. The summed E-state index contributed by atoms with van der Waals surface area (Å²) in [7, 11) is 0. The summed E-state index contributed by atoms with van der Waals surface area (Å²) >= 11 is 6.08. The molecule has 0 radical (unpaired) electrons. The Labute approximate surface area is 123 Å². The molecule has 2 rings (SSSR count). The second-order valence-electron chi connectivity index (χ2n) is 4.11. The van der Waals surface area contributed by atoms with Crippen molar-refractivity contribution < 1.29 is 9.53 Å². The fourth-order valence-corrected chi connectivity index (χ4v) is 2.12. The molecule has 0 fully saturated rings. The van der Waals surface area contributed by atoms with Crippen LogP contribution in [0.15, 0.2) is 23.2 Å². The molecule has 1 aliphatic rings. The van der Waals surface area contributed by atoms with Crippen molar-refractivity contribution in [3.63, 3.8) is 0 Å². The van der Waals surface area contributed by atoms with E-state index in [0.717, 1.165) is 16.8 Å². The average molecular weight is 303 g/mol. The Kier molecular flexibility index (Phi) is 5.63. The van der Waals surface area contributed by atoms with E-state index in [1.165, 1.54) is 0 Å². The number of amidine groups is 1. The lowest BCUT2D eigenvalue weighted by molar-refractivity contribution is -0.143. The van der Waals surface area contributed by atoms with Gasteiger partial charge in [-0.05, 0) is 37.1 Å². The molecule has 0 saturated carbocycles. The van der Waals surface area contributed by atoms with Crippen LogP contribution in [0.2, 0.25) is 0 Å². The summed E-state index contributed by atoms with van der Waals surface area (Å²) in [5.74, 6) is -0.289. The van der Waals surface area contributed by atoms with Gasteiger partial charge < -0.3 is 9.64 Å². The monoisotopic (exact) mass is 302 g/mol. The fraction of sp³-hybridized carbons (Fsp3) is 0.385. The van der Waals surface area contributed by atoms with Gasteiger partial charge in [0.05, 0.1) is 12.3 Å². The van der Waals surface area contributed by atoms with Gasteiger partial charge in [-0.1, -0.05) is 12.1 Å². The van der Waals surface area contributed by atoms with Crippen LogP contribution in [0.4, 0.5) is 5.69 Å². The Morgan fingerprint density at radius 1 is 1.53 bits per heavy atom. The zero-order valence-corrected chi connectivity index (χ0v) is 12.4. The minimum absolute atomic E-state index is 0. The molecule has 1 heterocycles. The fourth-order valence-electron chi connectivity index (χ4n) is 1.91. The number of ether oxygens (including phenoxy) is 1. The van der Waals surface area contributed by atoms with Gasteiger partial charge in [0.1, 0.15) is 6.54 Å². The van der Waals surface area contributed by atoms with Crippen LogP contribution in [0.5, 0.6) is 0 Å². The summed E-state index contributed by atoms with van der Waals surface area (Å²) in [6.45, 7) is 4.89. The quantitative estimate of drug-likeness (QED) is 0.637. The number of carbonyl (C=O) groups excluding carboxylic acids is 1. The first-order chi connectivity index (χ1) is 8.61. The second kappa shape index (κ2) is 6.78. The number of fused-ring (bicyclic) bond motifs is 1. The largest absolute Gasteiger partial charge is 0.465 e. The van der Waals surface area contributed by atoms with Gasteiger partial charge in [-0.25, -0.2) is 4.99 Å². The molecule has 0 amide bonds. The summed E-state index contributed by atoms with van der Waals surface area (Å²) in [6.07, 6.45) is 0. The van der Waals surface area contributed by atoms with Gasteiger partial charge in [0.25, 0.3) is 0 Å². The number of carbonyl (C=O) groups is 1. The standard InChI is InChI=1S/C13H15ClN2O2.ClH/c1-3-18-12(17)8-16-7-10-9(2)5-4-6-11(10)15-13(16)14;/h4-6H,3,7-8H2,1-2H3;1H. The first-order valence-corrected chi connectivity index (χ1v) is 6.23. The normalized spacial score (nSPS) is 13.2. The van der Waals surface area contributed by atoms with Crippen LogP contribution < -0.4 is 0 Å². The summed E-state index contributed by atoms with van der Waals surface area (Å²) < 4.78 is 4.92. The Hall–Kier alpha value is -1.26. The highest BCUT2D eigenvalue weighted by molar-refractivity contribution is 6.65. The maximum atomic E-state index is 11.5. The van der Waals surface area contributed by atoms with Gasteiger partial charge in [0.15, 0.2) is 5.29 Å². The van der Waals surface area contributed by atoms with Gasteiger partial charge in [-0.3, -0.25) is 4.79 Å². The Balaban J connectivity index is 0.00000180. The third kappa shape index (κ3) is 3.61. The smallest absolute Gasteiger partial charge is 0.325 e. The first-order valence-electron chi connectivity index (χ1n) is 5.85. The topological polar surface area (TPSA) is 41.9 Å².